The summed E-state index contributed by atoms with van der Waals surface area (Å²) in [7, 11) is 0. The maximum atomic E-state index is 13.5. The molecule has 0 N–H and O–H groups in total. The van der Waals surface area contributed by atoms with Gasteiger partial charge in [0, 0.05) is 24.9 Å². The molecule has 1 heterocycles. The zero-order chi connectivity index (χ0) is 14.5. The molecule has 1 aliphatic heterocycles. The molecule has 0 unspecified atom stereocenters. The third kappa shape index (κ3) is 1.89. The molecule has 2 aliphatic rings. The maximum absolute atomic E-state index is 13.5. The normalized spacial score (nSPS) is 22.9. The largest absolute Gasteiger partial charge is 0.338 e. The third-order valence-electron chi connectivity index (χ3n) is 4.40. The Hall–Kier alpha value is -1.59. The Morgan fingerprint density at radius 1 is 1.10 bits per heavy atom. The summed E-state index contributed by atoms with van der Waals surface area (Å²) in [5, 5.41) is 0. The first-order valence-electron chi connectivity index (χ1n) is 6.47. The second-order valence-electron chi connectivity index (χ2n) is 5.55. The van der Waals surface area contributed by atoms with E-state index in [4.69, 9.17) is 0 Å². The number of carbonyl (C=O) groups is 1. The summed E-state index contributed by atoms with van der Waals surface area (Å²) in [6.45, 7) is 0.227. The van der Waals surface area contributed by atoms with E-state index in [0.29, 0.717) is 0 Å². The Kier molecular flexibility index (Phi) is 2.81. The second kappa shape index (κ2) is 4.20. The minimum absolute atomic E-state index is 0.113. The van der Waals surface area contributed by atoms with Crippen molar-refractivity contribution < 1.29 is 22.4 Å². The number of rotatable bonds is 1. The summed E-state index contributed by atoms with van der Waals surface area (Å²) in [4.78, 5) is 13.3. The summed E-state index contributed by atoms with van der Waals surface area (Å²) in [5.41, 5.74) is -1.59. The molecule has 2 nitrogen and oxygen atoms in total. The van der Waals surface area contributed by atoms with Crippen molar-refractivity contribution in [2.75, 3.05) is 13.1 Å². The van der Waals surface area contributed by atoms with Crippen molar-refractivity contribution in [2.24, 2.45) is 5.41 Å². The van der Waals surface area contributed by atoms with E-state index in [2.05, 4.69) is 0 Å². The number of likely N-dealkylation sites (tertiary alicyclic amines) is 1. The summed E-state index contributed by atoms with van der Waals surface area (Å²) in [5.74, 6) is -5.26. The van der Waals surface area contributed by atoms with Gasteiger partial charge < -0.3 is 4.90 Å². The molecule has 0 aromatic heterocycles. The van der Waals surface area contributed by atoms with Crippen molar-refractivity contribution in [1.82, 2.24) is 4.90 Å². The molecule has 1 aliphatic carbocycles. The highest BCUT2D eigenvalue weighted by Crippen LogP contribution is 2.65. The van der Waals surface area contributed by atoms with Crippen molar-refractivity contribution in [3.63, 3.8) is 0 Å². The molecule has 0 atom stereocenters. The fourth-order valence-electron chi connectivity index (χ4n) is 2.92. The van der Waals surface area contributed by atoms with Crippen LogP contribution in [0.25, 0.3) is 0 Å². The van der Waals surface area contributed by atoms with E-state index in [1.54, 1.807) is 0 Å². The van der Waals surface area contributed by atoms with Crippen LogP contribution in [0.5, 0.6) is 0 Å². The molecule has 0 bridgehead atoms. The smallest absolute Gasteiger partial charge is 0.259 e. The van der Waals surface area contributed by atoms with E-state index in [0.717, 1.165) is 12.1 Å². The molecule has 108 valence electrons. The van der Waals surface area contributed by atoms with Gasteiger partial charge in [0.15, 0.2) is 0 Å². The Balaban J connectivity index is 1.74. The predicted molar refractivity (Wildman–Crippen MR) is 63.5 cm³/mol. The number of hydrogen-bond donors (Lipinski definition) is 0. The lowest BCUT2D eigenvalue weighted by Gasteiger charge is -2.32. The summed E-state index contributed by atoms with van der Waals surface area (Å²) in [6, 6.07) is 3.20. The zero-order valence-corrected chi connectivity index (χ0v) is 10.6. The van der Waals surface area contributed by atoms with Crippen molar-refractivity contribution in [3.05, 3.63) is 35.4 Å². The number of benzene rings is 1. The van der Waals surface area contributed by atoms with E-state index >= 15 is 0 Å². The van der Waals surface area contributed by atoms with Crippen LogP contribution in [-0.2, 0) is 0 Å². The molecule has 1 aromatic carbocycles. The lowest BCUT2D eigenvalue weighted by Crippen LogP contribution is -2.41. The molecular formula is C14H13F4NO. The third-order valence-corrected chi connectivity index (χ3v) is 4.40. The van der Waals surface area contributed by atoms with Crippen molar-refractivity contribution in [2.45, 2.75) is 25.2 Å². The Morgan fingerprint density at radius 3 is 2.05 bits per heavy atom. The number of piperidine rings is 1. The summed E-state index contributed by atoms with van der Waals surface area (Å²) < 4.78 is 53.5. The molecular weight excluding hydrogens is 274 g/mol. The van der Waals surface area contributed by atoms with Crippen LogP contribution in [-0.4, -0.2) is 29.8 Å². The van der Waals surface area contributed by atoms with Gasteiger partial charge >= 0.3 is 0 Å². The van der Waals surface area contributed by atoms with Gasteiger partial charge in [0.05, 0.1) is 0 Å². The molecule has 1 saturated carbocycles. The van der Waals surface area contributed by atoms with Crippen molar-refractivity contribution in [1.29, 1.82) is 0 Å². The van der Waals surface area contributed by atoms with Crippen LogP contribution in [0.1, 0.15) is 29.6 Å². The minimum atomic E-state index is -2.65. The number of hydrogen-bond acceptors (Lipinski definition) is 1. The molecule has 6 heteroatoms. The first-order chi connectivity index (χ1) is 9.36. The first-order valence-corrected chi connectivity index (χ1v) is 6.47. The fraction of sp³-hybridized carbons (Fsp3) is 0.500. The van der Waals surface area contributed by atoms with Crippen LogP contribution in [0.3, 0.4) is 0 Å². The van der Waals surface area contributed by atoms with E-state index in [-0.39, 0.29) is 32.4 Å². The average molecular weight is 287 g/mol. The van der Waals surface area contributed by atoms with Crippen LogP contribution in [0.2, 0.25) is 0 Å². The number of alkyl halides is 2. The highest BCUT2D eigenvalue weighted by atomic mass is 19.3. The fourth-order valence-corrected chi connectivity index (χ4v) is 2.92. The van der Waals surface area contributed by atoms with Gasteiger partial charge in [-0.3, -0.25) is 4.79 Å². The predicted octanol–water partition coefficient (Wildman–Crippen LogP) is 3.23. The van der Waals surface area contributed by atoms with Gasteiger partial charge in [-0.15, -0.1) is 0 Å². The zero-order valence-electron chi connectivity index (χ0n) is 10.6. The molecule has 3 rings (SSSR count). The standard InChI is InChI=1S/C14H13F4NO/c15-9-2-1-3-10(16)11(9)12(20)19-6-4-13(5-7-19)8-14(13,17)18/h1-3H,4-8H2. The molecule has 1 spiro atoms. The summed E-state index contributed by atoms with van der Waals surface area (Å²) >= 11 is 0. The summed E-state index contributed by atoms with van der Waals surface area (Å²) in [6.07, 6.45) is 0.222. The molecule has 1 aromatic rings. The Labute approximate surface area is 113 Å². The van der Waals surface area contributed by atoms with Gasteiger partial charge in [0.2, 0.25) is 0 Å². The van der Waals surface area contributed by atoms with Gasteiger partial charge in [-0.1, -0.05) is 6.07 Å². The topological polar surface area (TPSA) is 20.3 Å². The molecule has 1 amide bonds. The van der Waals surface area contributed by atoms with Gasteiger partial charge in [-0.05, 0) is 25.0 Å². The first kappa shape index (κ1) is 13.4. The van der Waals surface area contributed by atoms with E-state index in [1.165, 1.54) is 11.0 Å². The van der Waals surface area contributed by atoms with Gasteiger partial charge in [-0.25, -0.2) is 17.6 Å². The highest BCUT2D eigenvalue weighted by Gasteiger charge is 2.70. The van der Waals surface area contributed by atoms with Crippen LogP contribution in [0.15, 0.2) is 18.2 Å². The quantitative estimate of drug-likeness (QED) is 0.726. The van der Waals surface area contributed by atoms with Crippen molar-refractivity contribution >= 4 is 5.91 Å². The van der Waals surface area contributed by atoms with Gasteiger partial charge in [-0.2, -0.15) is 0 Å². The molecule has 0 radical (unpaired) electrons. The minimum Gasteiger partial charge on any atom is -0.338 e. The van der Waals surface area contributed by atoms with Gasteiger partial charge in [0.25, 0.3) is 11.8 Å². The second-order valence-corrected chi connectivity index (χ2v) is 5.55. The van der Waals surface area contributed by atoms with Crippen LogP contribution >= 0.6 is 0 Å². The number of halogens is 4. The Bertz CT molecular complexity index is 544. The molecule has 1 saturated heterocycles. The van der Waals surface area contributed by atoms with Crippen LogP contribution < -0.4 is 0 Å². The highest BCUT2D eigenvalue weighted by molar-refractivity contribution is 5.94. The van der Waals surface area contributed by atoms with Gasteiger partial charge in [0.1, 0.15) is 17.2 Å². The van der Waals surface area contributed by atoms with Crippen LogP contribution in [0.4, 0.5) is 17.6 Å². The maximum Gasteiger partial charge on any atom is 0.259 e. The lowest BCUT2D eigenvalue weighted by atomic mass is 9.92. The molecule has 20 heavy (non-hydrogen) atoms. The van der Waals surface area contributed by atoms with E-state index in [1.807, 2.05) is 0 Å². The molecule has 2 fully saturated rings. The van der Waals surface area contributed by atoms with Crippen LogP contribution in [0, 0.1) is 17.0 Å². The van der Waals surface area contributed by atoms with Crippen molar-refractivity contribution in [3.8, 4) is 0 Å². The monoisotopic (exact) mass is 287 g/mol. The SMILES string of the molecule is O=C(c1c(F)cccc1F)N1CCC2(CC1)CC2(F)F. The number of nitrogens with zero attached hydrogens (tertiary/aromatic N) is 1. The van der Waals surface area contributed by atoms with E-state index in [9.17, 15) is 22.4 Å². The Morgan fingerprint density at radius 2 is 1.60 bits per heavy atom. The van der Waals surface area contributed by atoms with E-state index < -0.39 is 34.4 Å². The average Bonchev–Trinajstić information content (AvgIpc) is 2.90. The number of amides is 1. The number of carbonyl (C=O) groups excluding carboxylic acids is 1. The lowest BCUT2D eigenvalue weighted by molar-refractivity contribution is 0.0281.